The Balaban J connectivity index is 2.10. The summed E-state index contributed by atoms with van der Waals surface area (Å²) in [6, 6.07) is 0.332. The van der Waals surface area contributed by atoms with Crippen LogP contribution in [0.2, 0.25) is 0 Å². The molecule has 1 N–H and O–H groups in total. The highest BCUT2D eigenvalue weighted by Crippen LogP contribution is 2.29. The largest absolute Gasteiger partial charge is 0.481 e. The lowest BCUT2D eigenvalue weighted by Gasteiger charge is -2.38. The quantitative estimate of drug-likeness (QED) is 0.921. The summed E-state index contributed by atoms with van der Waals surface area (Å²) in [6.07, 6.45) is 0.223. The van der Waals surface area contributed by atoms with Gasteiger partial charge >= 0.3 is 5.97 Å². The van der Waals surface area contributed by atoms with E-state index >= 15 is 0 Å². The lowest BCUT2D eigenvalue weighted by atomic mass is 10.1. The van der Waals surface area contributed by atoms with E-state index in [1.807, 2.05) is 18.7 Å². The molecule has 18 heavy (non-hydrogen) atoms. The number of carboxylic acid groups (broad SMARTS) is 1. The molecular weight excluding hydrogens is 268 g/mol. The van der Waals surface area contributed by atoms with Gasteiger partial charge in [-0.3, -0.25) is 9.69 Å². The average Bonchev–Trinajstić information content (AvgIpc) is 2.75. The van der Waals surface area contributed by atoms with Crippen LogP contribution in [0.5, 0.6) is 0 Å². The fourth-order valence-corrected chi connectivity index (χ4v) is 4.08. The van der Waals surface area contributed by atoms with Gasteiger partial charge in [-0.15, -0.1) is 11.3 Å². The summed E-state index contributed by atoms with van der Waals surface area (Å²) >= 11 is 3.50. The van der Waals surface area contributed by atoms with Gasteiger partial charge in [0.1, 0.15) is 0 Å². The molecule has 1 aromatic rings. The third-order valence-corrected chi connectivity index (χ3v) is 5.13. The Hall–Kier alpha value is -0.590. The number of carbonyl (C=O) groups is 1. The topological polar surface area (TPSA) is 53.4 Å². The van der Waals surface area contributed by atoms with Crippen LogP contribution in [0.25, 0.3) is 0 Å². The first-order chi connectivity index (χ1) is 8.58. The first-order valence-electron chi connectivity index (χ1n) is 6.05. The molecule has 0 aliphatic carbocycles. The van der Waals surface area contributed by atoms with Crippen LogP contribution < -0.4 is 0 Å². The number of nitrogens with zero attached hydrogens (tertiary/aromatic N) is 2. The van der Waals surface area contributed by atoms with Crippen molar-refractivity contribution in [1.82, 2.24) is 9.88 Å². The summed E-state index contributed by atoms with van der Waals surface area (Å²) in [7, 11) is 0. The second-order valence-corrected chi connectivity index (χ2v) is 6.74. The minimum absolute atomic E-state index is 0.123. The summed E-state index contributed by atoms with van der Waals surface area (Å²) < 4.78 is 0. The minimum Gasteiger partial charge on any atom is -0.481 e. The van der Waals surface area contributed by atoms with Crippen LogP contribution >= 0.6 is 23.1 Å². The molecule has 100 valence electrons. The molecule has 1 aromatic heterocycles. The normalized spacial score (nSPS) is 22.9. The van der Waals surface area contributed by atoms with Gasteiger partial charge in [-0.05, 0) is 13.8 Å². The Kier molecular flexibility index (Phi) is 4.64. The number of rotatable bonds is 4. The van der Waals surface area contributed by atoms with E-state index in [1.165, 1.54) is 0 Å². The third kappa shape index (κ3) is 3.24. The molecule has 0 amide bonds. The summed E-state index contributed by atoms with van der Waals surface area (Å²) in [4.78, 5) is 17.7. The summed E-state index contributed by atoms with van der Waals surface area (Å²) in [5, 5.41) is 12.1. The van der Waals surface area contributed by atoms with Crippen LogP contribution in [-0.4, -0.2) is 45.1 Å². The van der Waals surface area contributed by atoms with Crippen molar-refractivity contribution in [2.24, 2.45) is 0 Å². The van der Waals surface area contributed by atoms with Gasteiger partial charge in [0.2, 0.25) is 0 Å². The van der Waals surface area contributed by atoms with Crippen LogP contribution in [0.3, 0.4) is 0 Å². The first-order valence-corrected chi connectivity index (χ1v) is 8.08. The number of aliphatic carboxylic acids is 1. The maximum absolute atomic E-state index is 10.9. The molecule has 0 aromatic carbocycles. The van der Waals surface area contributed by atoms with E-state index in [2.05, 4.69) is 22.2 Å². The number of carboxylic acids is 1. The van der Waals surface area contributed by atoms with Crippen molar-refractivity contribution in [1.29, 1.82) is 0 Å². The SMILES string of the molecule is Cc1nc(C(C)N2CCSCC2CC(=O)O)cs1. The number of aromatic nitrogens is 1. The molecule has 1 saturated heterocycles. The molecule has 2 atom stereocenters. The monoisotopic (exact) mass is 286 g/mol. The van der Waals surface area contributed by atoms with E-state index in [1.54, 1.807) is 11.3 Å². The molecular formula is C12H18N2O2S2. The van der Waals surface area contributed by atoms with Gasteiger partial charge in [0, 0.05) is 29.5 Å². The maximum atomic E-state index is 10.9. The van der Waals surface area contributed by atoms with Gasteiger partial charge in [-0.1, -0.05) is 0 Å². The van der Waals surface area contributed by atoms with Crippen molar-refractivity contribution in [3.8, 4) is 0 Å². The number of hydrogen-bond donors (Lipinski definition) is 1. The number of thioether (sulfide) groups is 1. The van der Waals surface area contributed by atoms with E-state index in [9.17, 15) is 4.79 Å². The van der Waals surface area contributed by atoms with E-state index in [4.69, 9.17) is 5.11 Å². The highest BCUT2D eigenvalue weighted by atomic mass is 32.2. The Morgan fingerprint density at radius 3 is 3.11 bits per heavy atom. The Labute approximate surface area is 115 Å². The predicted octanol–water partition coefficient (Wildman–Crippen LogP) is 2.40. The highest BCUT2D eigenvalue weighted by Gasteiger charge is 2.30. The molecule has 1 aliphatic rings. The molecule has 0 saturated carbocycles. The number of aryl methyl sites for hydroxylation is 1. The zero-order valence-corrected chi connectivity index (χ0v) is 12.3. The van der Waals surface area contributed by atoms with E-state index in [-0.39, 0.29) is 18.5 Å². The van der Waals surface area contributed by atoms with E-state index in [0.717, 1.165) is 28.8 Å². The van der Waals surface area contributed by atoms with Crippen LogP contribution in [0.15, 0.2) is 5.38 Å². The van der Waals surface area contributed by atoms with Crippen molar-refractivity contribution in [3.05, 3.63) is 16.1 Å². The smallest absolute Gasteiger partial charge is 0.304 e. The lowest BCUT2D eigenvalue weighted by Crippen LogP contribution is -2.44. The lowest BCUT2D eigenvalue weighted by molar-refractivity contribution is -0.138. The molecule has 1 fully saturated rings. The molecule has 0 radical (unpaired) electrons. The first kappa shape index (κ1) is 13.8. The zero-order chi connectivity index (χ0) is 13.1. The Bertz CT molecular complexity index is 422. The fourth-order valence-electron chi connectivity index (χ4n) is 2.30. The van der Waals surface area contributed by atoms with Gasteiger partial charge in [-0.2, -0.15) is 11.8 Å². The molecule has 2 rings (SSSR count). The average molecular weight is 286 g/mol. The molecule has 0 bridgehead atoms. The maximum Gasteiger partial charge on any atom is 0.304 e. The van der Waals surface area contributed by atoms with Crippen molar-refractivity contribution in [2.75, 3.05) is 18.1 Å². The minimum atomic E-state index is -0.714. The molecule has 4 nitrogen and oxygen atoms in total. The number of hydrogen-bond acceptors (Lipinski definition) is 5. The van der Waals surface area contributed by atoms with Crippen LogP contribution in [0, 0.1) is 6.92 Å². The molecule has 2 heterocycles. The highest BCUT2D eigenvalue weighted by molar-refractivity contribution is 7.99. The van der Waals surface area contributed by atoms with Gasteiger partial charge in [-0.25, -0.2) is 4.98 Å². The Morgan fingerprint density at radius 2 is 2.50 bits per heavy atom. The second-order valence-electron chi connectivity index (χ2n) is 4.53. The van der Waals surface area contributed by atoms with Crippen molar-refractivity contribution < 1.29 is 9.90 Å². The Morgan fingerprint density at radius 1 is 1.72 bits per heavy atom. The van der Waals surface area contributed by atoms with Crippen molar-refractivity contribution >= 4 is 29.1 Å². The van der Waals surface area contributed by atoms with Crippen LogP contribution in [0.1, 0.15) is 30.1 Å². The predicted molar refractivity (Wildman–Crippen MR) is 75.3 cm³/mol. The summed E-state index contributed by atoms with van der Waals surface area (Å²) in [5.41, 5.74) is 1.07. The van der Waals surface area contributed by atoms with Gasteiger partial charge in [0.15, 0.2) is 0 Å². The zero-order valence-electron chi connectivity index (χ0n) is 10.6. The van der Waals surface area contributed by atoms with E-state index in [0.29, 0.717) is 0 Å². The van der Waals surface area contributed by atoms with Gasteiger partial charge in [0.25, 0.3) is 0 Å². The van der Waals surface area contributed by atoms with E-state index < -0.39 is 5.97 Å². The van der Waals surface area contributed by atoms with Gasteiger partial charge in [0.05, 0.1) is 23.2 Å². The fraction of sp³-hybridized carbons (Fsp3) is 0.667. The molecule has 0 spiro atoms. The van der Waals surface area contributed by atoms with Crippen LogP contribution in [0.4, 0.5) is 0 Å². The van der Waals surface area contributed by atoms with Gasteiger partial charge < -0.3 is 5.11 Å². The summed E-state index contributed by atoms with van der Waals surface area (Å²) in [5.74, 6) is 1.26. The van der Waals surface area contributed by atoms with Crippen molar-refractivity contribution in [2.45, 2.75) is 32.4 Å². The molecule has 2 unspecified atom stereocenters. The molecule has 1 aliphatic heterocycles. The molecule has 6 heteroatoms. The van der Waals surface area contributed by atoms with Crippen molar-refractivity contribution in [3.63, 3.8) is 0 Å². The third-order valence-electron chi connectivity index (χ3n) is 3.25. The second kappa shape index (κ2) is 6.04. The standard InChI is InChI=1S/C12H18N2O2S2/c1-8(11-7-18-9(2)13-11)14-3-4-17-6-10(14)5-12(15)16/h7-8,10H,3-6H2,1-2H3,(H,15,16). The summed E-state index contributed by atoms with van der Waals surface area (Å²) in [6.45, 7) is 5.07. The van der Waals surface area contributed by atoms with Crippen LogP contribution in [-0.2, 0) is 4.79 Å². The number of thiazole rings is 1.